The zero-order valence-corrected chi connectivity index (χ0v) is 24.9. The molecule has 0 amide bonds. The van der Waals surface area contributed by atoms with Crippen LogP contribution >= 0.6 is 13.7 Å². The molecule has 0 fully saturated rings. The molecule has 0 heterocycles. The third kappa shape index (κ3) is 8.47. The molecule has 7 heteroatoms. The Morgan fingerprint density at radius 1 is 0.484 bits per heavy atom. The van der Waals surface area contributed by atoms with E-state index in [9.17, 15) is 8.42 Å². The summed E-state index contributed by atoms with van der Waals surface area (Å²) in [6.07, 6.45) is 15.3. The van der Waals surface area contributed by atoms with E-state index in [2.05, 4.69) is 55.4 Å². The van der Waals surface area contributed by atoms with Crippen LogP contribution in [-0.4, -0.2) is 57.7 Å². The molecule has 31 heavy (non-hydrogen) atoms. The summed E-state index contributed by atoms with van der Waals surface area (Å²) >= 11 is 0. The van der Waals surface area contributed by atoms with Gasteiger partial charge in [-0.2, -0.15) is 0 Å². The van der Waals surface area contributed by atoms with Gasteiger partial charge in [-0.1, -0.05) is 0 Å². The summed E-state index contributed by atoms with van der Waals surface area (Å²) in [6.45, 7) is 11.4. The molecule has 4 nitrogen and oxygen atoms in total. The zero-order chi connectivity index (χ0) is 24.1. The summed E-state index contributed by atoms with van der Waals surface area (Å²) in [4.78, 5) is 0. The van der Waals surface area contributed by atoms with E-state index in [1.54, 1.807) is 0 Å². The van der Waals surface area contributed by atoms with Crippen LogP contribution in [0.15, 0.2) is 0 Å². The Kier molecular flexibility index (Phi) is 13.9. The first-order valence-electron chi connectivity index (χ1n) is 13.2. The summed E-state index contributed by atoms with van der Waals surface area (Å²) in [7, 11) is -4.07. The molecule has 0 atom stereocenters. The Morgan fingerprint density at radius 3 is 0.968 bits per heavy atom. The fraction of sp³-hybridized carbons (Fsp3) is 1.00. The number of rotatable bonds is 20. The summed E-state index contributed by atoms with van der Waals surface area (Å²) in [6, 6.07) is 0. The molecule has 0 rings (SSSR count). The maximum atomic E-state index is 13.8. The van der Waals surface area contributed by atoms with Crippen LogP contribution in [-0.2, 0) is 18.3 Å². The first-order valence-corrected chi connectivity index (χ1v) is 20.3. The Balaban J connectivity index is 6.53. The van der Waals surface area contributed by atoms with Crippen molar-refractivity contribution in [1.29, 1.82) is 0 Å². The average Bonchev–Trinajstić information content (AvgIpc) is 2.78. The van der Waals surface area contributed by atoms with Gasteiger partial charge in [0.25, 0.3) is 0 Å². The second-order valence-corrected chi connectivity index (χ2v) is 23.6. The van der Waals surface area contributed by atoms with Gasteiger partial charge in [-0.25, -0.2) is 0 Å². The fourth-order valence-electron chi connectivity index (χ4n) is 5.13. The standard InChI is InChI=1S/C24H56O4P2S/c1-9-17-21-30(22-18-10-2,23-19-11-3,24-20-12-4)28-31(25,26)27-29(13-5,14-6,15-7)16-8/h9-24H2,1-8H3. The van der Waals surface area contributed by atoms with Crippen LogP contribution in [0.4, 0.5) is 0 Å². The number of unbranched alkanes of at least 4 members (excludes halogenated alkanes) is 4. The number of hydrogen-bond acceptors (Lipinski definition) is 4. The molecule has 0 bridgehead atoms. The molecule has 0 spiro atoms. The molecule has 0 saturated carbocycles. The van der Waals surface area contributed by atoms with Gasteiger partial charge in [-0.3, -0.25) is 0 Å². The number of hydrogen-bond donors (Lipinski definition) is 0. The van der Waals surface area contributed by atoms with Crippen LogP contribution in [0.1, 0.15) is 107 Å². The molecule has 192 valence electrons. The fourth-order valence-corrected chi connectivity index (χ4v) is 21.0. The average molecular weight is 503 g/mol. The van der Waals surface area contributed by atoms with Crippen LogP contribution in [0.25, 0.3) is 0 Å². The van der Waals surface area contributed by atoms with E-state index in [-0.39, 0.29) is 0 Å². The van der Waals surface area contributed by atoms with E-state index in [0.717, 1.165) is 101 Å². The third-order valence-electron chi connectivity index (χ3n) is 8.11. The van der Waals surface area contributed by atoms with Gasteiger partial charge in [0.15, 0.2) is 0 Å². The third-order valence-corrected chi connectivity index (χ3v) is 25.1. The van der Waals surface area contributed by atoms with E-state index in [1.807, 2.05) is 0 Å². The van der Waals surface area contributed by atoms with Gasteiger partial charge in [0.05, 0.1) is 0 Å². The summed E-state index contributed by atoms with van der Waals surface area (Å²) in [5, 5.41) is 0. The van der Waals surface area contributed by atoms with Crippen molar-refractivity contribution in [2.45, 2.75) is 107 Å². The van der Waals surface area contributed by atoms with Gasteiger partial charge in [-0.05, 0) is 0 Å². The minimum absolute atomic E-state index is 0.793. The SMILES string of the molecule is CCCCP(CCCC)(CCCC)(CCCC)OS(=O)(=O)OP(CC)(CC)(CC)CC. The van der Waals surface area contributed by atoms with Crippen molar-refractivity contribution in [1.82, 2.24) is 0 Å². The van der Waals surface area contributed by atoms with Gasteiger partial charge in [0.1, 0.15) is 0 Å². The first-order chi connectivity index (χ1) is 14.5. The van der Waals surface area contributed by atoms with Gasteiger partial charge < -0.3 is 0 Å². The van der Waals surface area contributed by atoms with E-state index < -0.39 is 24.1 Å². The summed E-state index contributed by atoms with van der Waals surface area (Å²) in [5.41, 5.74) is 0. The molecule has 0 saturated heterocycles. The molecule has 0 unspecified atom stereocenters. The second kappa shape index (κ2) is 13.6. The van der Waals surface area contributed by atoms with Crippen LogP contribution in [0, 0.1) is 0 Å². The van der Waals surface area contributed by atoms with E-state index in [4.69, 9.17) is 7.94 Å². The maximum absolute atomic E-state index is 13.8. The Hall–Kier alpha value is 0.730. The summed E-state index contributed by atoms with van der Waals surface area (Å²) in [5.74, 6) is 0. The molecule has 0 aliphatic carbocycles. The van der Waals surface area contributed by atoms with Crippen LogP contribution in [0.5, 0.6) is 0 Å². The van der Waals surface area contributed by atoms with E-state index in [0.29, 0.717) is 0 Å². The minimum atomic E-state index is -4.07. The van der Waals surface area contributed by atoms with E-state index in [1.165, 1.54) is 0 Å². The predicted molar refractivity (Wildman–Crippen MR) is 146 cm³/mol. The van der Waals surface area contributed by atoms with Crippen molar-refractivity contribution in [3.63, 3.8) is 0 Å². The monoisotopic (exact) mass is 502 g/mol. The predicted octanol–water partition coefficient (Wildman–Crippen LogP) is 8.48. The van der Waals surface area contributed by atoms with Crippen molar-refractivity contribution in [2.75, 3.05) is 49.3 Å². The first kappa shape index (κ1) is 31.7. The molecule has 0 aromatic carbocycles. The van der Waals surface area contributed by atoms with Gasteiger partial charge in [0, 0.05) is 0 Å². The molecule has 0 radical (unpaired) electrons. The molecular weight excluding hydrogens is 446 g/mol. The van der Waals surface area contributed by atoms with Crippen molar-refractivity contribution in [3.8, 4) is 0 Å². The van der Waals surface area contributed by atoms with Gasteiger partial charge in [-0.15, -0.1) is 0 Å². The van der Waals surface area contributed by atoms with Crippen molar-refractivity contribution < 1.29 is 16.4 Å². The Morgan fingerprint density at radius 2 is 0.742 bits per heavy atom. The molecule has 0 aliphatic rings. The second-order valence-electron chi connectivity index (χ2n) is 9.85. The van der Waals surface area contributed by atoms with Gasteiger partial charge >= 0.3 is 196 Å². The Labute approximate surface area is 196 Å². The van der Waals surface area contributed by atoms with E-state index >= 15 is 0 Å². The molecule has 0 aliphatic heterocycles. The normalized spacial score (nSPS) is 15.9. The van der Waals surface area contributed by atoms with Gasteiger partial charge in [0.2, 0.25) is 0 Å². The molecular formula is C24H56O4P2S. The van der Waals surface area contributed by atoms with Crippen LogP contribution < -0.4 is 0 Å². The zero-order valence-electron chi connectivity index (χ0n) is 22.2. The van der Waals surface area contributed by atoms with Crippen LogP contribution in [0.3, 0.4) is 0 Å². The summed E-state index contributed by atoms with van der Waals surface area (Å²) < 4.78 is 40.5. The van der Waals surface area contributed by atoms with Crippen molar-refractivity contribution in [3.05, 3.63) is 0 Å². The quantitative estimate of drug-likeness (QED) is 0.157. The molecule has 0 aromatic rings. The molecule has 0 N–H and O–H groups in total. The topological polar surface area (TPSA) is 52.6 Å². The van der Waals surface area contributed by atoms with Crippen molar-refractivity contribution in [2.24, 2.45) is 0 Å². The van der Waals surface area contributed by atoms with Crippen molar-refractivity contribution >= 4 is 24.1 Å². The molecule has 0 aromatic heterocycles. The van der Waals surface area contributed by atoms with Crippen LogP contribution in [0.2, 0.25) is 0 Å². The Bertz CT molecular complexity index is 536.